The number of ether oxygens (including phenoxy) is 1. The number of halogens is 1. The van der Waals surface area contributed by atoms with Gasteiger partial charge < -0.3 is 15.4 Å². The molecule has 0 radical (unpaired) electrons. The molecule has 3 atom stereocenters. The van der Waals surface area contributed by atoms with Crippen molar-refractivity contribution in [3.63, 3.8) is 0 Å². The lowest BCUT2D eigenvalue weighted by Gasteiger charge is -2.24. The van der Waals surface area contributed by atoms with Crippen LogP contribution in [0.3, 0.4) is 0 Å². The van der Waals surface area contributed by atoms with Crippen LogP contribution in [0, 0.1) is 23.1 Å². The number of amides is 2. The molecule has 0 heterocycles. The Bertz CT molecular complexity index is 702. The first-order valence-corrected chi connectivity index (χ1v) is 8.05. The molecular formula is C18H22FN3O4. The number of carbonyl (C=O) groups excluding carboxylic acids is 3. The van der Waals surface area contributed by atoms with Crippen LogP contribution in [0.15, 0.2) is 24.3 Å². The fourth-order valence-electron chi connectivity index (χ4n) is 2.43. The zero-order valence-corrected chi connectivity index (χ0v) is 14.9. The number of methoxy groups -OCH3 is 1. The summed E-state index contributed by atoms with van der Waals surface area (Å²) in [7, 11) is 1.18. The first kappa shape index (κ1) is 21.1. The summed E-state index contributed by atoms with van der Waals surface area (Å²) < 4.78 is 18.0. The number of nitriles is 1. The van der Waals surface area contributed by atoms with E-state index >= 15 is 0 Å². The molecule has 1 aromatic carbocycles. The second kappa shape index (κ2) is 10.1. The van der Waals surface area contributed by atoms with Crippen molar-refractivity contribution in [3.8, 4) is 6.07 Å². The largest absolute Gasteiger partial charge is 0.467 e. The lowest BCUT2D eigenvalue weighted by Crippen LogP contribution is -2.54. The summed E-state index contributed by atoms with van der Waals surface area (Å²) in [5, 5.41) is 13.8. The van der Waals surface area contributed by atoms with Gasteiger partial charge in [0.2, 0.25) is 11.8 Å². The fraction of sp³-hybridized carbons (Fsp3) is 0.444. The van der Waals surface area contributed by atoms with Crippen molar-refractivity contribution in [2.45, 2.75) is 38.8 Å². The highest BCUT2D eigenvalue weighted by atomic mass is 19.1. The Kier molecular flexibility index (Phi) is 8.22. The summed E-state index contributed by atoms with van der Waals surface area (Å²) in [6.45, 7) is 2.88. The Morgan fingerprint density at radius 1 is 1.31 bits per heavy atom. The highest BCUT2D eigenvalue weighted by Gasteiger charge is 2.30. The van der Waals surface area contributed by atoms with Gasteiger partial charge in [0.1, 0.15) is 17.9 Å². The molecule has 0 saturated carbocycles. The van der Waals surface area contributed by atoms with Crippen LogP contribution in [-0.4, -0.2) is 37.0 Å². The van der Waals surface area contributed by atoms with Crippen molar-refractivity contribution in [2.75, 3.05) is 7.11 Å². The predicted octanol–water partition coefficient (Wildman–Crippen LogP) is 1.08. The molecular weight excluding hydrogens is 341 g/mol. The Morgan fingerprint density at radius 3 is 2.54 bits per heavy atom. The molecule has 0 spiro atoms. The first-order chi connectivity index (χ1) is 12.3. The Morgan fingerprint density at radius 2 is 2.00 bits per heavy atom. The van der Waals surface area contributed by atoms with Crippen LogP contribution in [0.2, 0.25) is 0 Å². The van der Waals surface area contributed by atoms with E-state index in [4.69, 9.17) is 5.26 Å². The molecule has 0 unspecified atom stereocenters. The van der Waals surface area contributed by atoms with Gasteiger partial charge in [-0.1, -0.05) is 19.1 Å². The minimum Gasteiger partial charge on any atom is -0.467 e. The zero-order valence-electron chi connectivity index (χ0n) is 14.9. The third-order valence-corrected chi connectivity index (χ3v) is 3.76. The molecule has 140 valence electrons. The normalized spacial score (nSPS) is 13.7. The van der Waals surface area contributed by atoms with Crippen LogP contribution >= 0.6 is 0 Å². The van der Waals surface area contributed by atoms with Crippen molar-refractivity contribution >= 4 is 17.8 Å². The van der Waals surface area contributed by atoms with Gasteiger partial charge in [-0.05, 0) is 17.7 Å². The highest BCUT2D eigenvalue weighted by molar-refractivity contribution is 5.90. The van der Waals surface area contributed by atoms with Gasteiger partial charge in [-0.25, -0.2) is 9.18 Å². The summed E-state index contributed by atoms with van der Waals surface area (Å²) in [6, 6.07) is 5.56. The maximum absolute atomic E-state index is 13.4. The zero-order chi connectivity index (χ0) is 19.7. The van der Waals surface area contributed by atoms with Crippen LogP contribution in [0.1, 0.15) is 25.8 Å². The summed E-state index contributed by atoms with van der Waals surface area (Å²) in [5.74, 6) is -2.69. The maximum atomic E-state index is 13.4. The van der Waals surface area contributed by atoms with Crippen molar-refractivity contribution in [1.82, 2.24) is 10.6 Å². The van der Waals surface area contributed by atoms with E-state index < -0.39 is 41.6 Å². The Balaban J connectivity index is 2.97. The SMILES string of the molecule is COC(=O)[C@H](NC(=O)[C@@H](Cc1cccc(F)c1)NC(C)=O)[C@@H](C)CC#N. The molecule has 8 heteroatoms. The topological polar surface area (TPSA) is 108 Å². The van der Waals surface area contributed by atoms with Gasteiger partial charge in [0.05, 0.1) is 13.2 Å². The number of hydrogen-bond acceptors (Lipinski definition) is 5. The molecule has 0 aliphatic rings. The van der Waals surface area contributed by atoms with E-state index in [2.05, 4.69) is 15.4 Å². The molecule has 7 nitrogen and oxygen atoms in total. The third-order valence-electron chi connectivity index (χ3n) is 3.76. The molecule has 26 heavy (non-hydrogen) atoms. The van der Waals surface area contributed by atoms with E-state index in [1.807, 2.05) is 6.07 Å². The van der Waals surface area contributed by atoms with Crippen LogP contribution in [-0.2, 0) is 25.5 Å². The van der Waals surface area contributed by atoms with E-state index in [9.17, 15) is 18.8 Å². The van der Waals surface area contributed by atoms with Gasteiger partial charge >= 0.3 is 5.97 Å². The molecule has 0 bridgehead atoms. The summed E-state index contributed by atoms with van der Waals surface area (Å²) in [6.07, 6.45) is 0.0818. The van der Waals surface area contributed by atoms with E-state index in [0.717, 1.165) is 0 Å². The molecule has 1 rings (SSSR count). The van der Waals surface area contributed by atoms with E-state index in [1.54, 1.807) is 13.0 Å². The minimum absolute atomic E-state index is 0.0365. The molecule has 2 N–H and O–H groups in total. The number of rotatable bonds is 8. The maximum Gasteiger partial charge on any atom is 0.328 e. The molecule has 0 aromatic heterocycles. The van der Waals surface area contributed by atoms with Gasteiger partial charge in [-0.2, -0.15) is 5.26 Å². The van der Waals surface area contributed by atoms with Crippen LogP contribution in [0.25, 0.3) is 0 Å². The Labute approximate surface area is 151 Å². The highest BCUT2D eigenvalue weighted by Crippen LogP contribution is 2.11. The molecule has 0 aliphatic heterocycles. The van der Waals surface area contributed by atoms with Crippen LogP contribution in [0.5, 0.6) is 0 Å². The van der Waals surface area contributed by atoms with E-state index in [1.165, 1.54) is 32.2 Å². The lowest BCUT2D eigenvalue weighted by atomic mass is 9.97. The Hall–Kier alpha value is -2.95. The number of carbonyl (C=O) groups is 3. The van der Waals surface area contributed by atoms with Crippen molar-refractivity contribution in [3.05, 3.63) is 35.6 Å². The average Bonchev–Trinajstić information content (AvgIpc) is 2.58. The van der Waals surface area contributed by atoms with E-state index in [0.29, 0.717) is 5.56 Å². The number of hydrogen-bond donors (Lipinski definition) is 2. The second-order valence-corrected chi connectivity index (χ2v) is 5.94. The second-order valence-electron chi connectivity index (χ2n) is 5.94. The van der Waals surface area contributed by atoms with Gasteiger partial charge in [0, 0.05) is 25.7 Å². The summed E-state index contributed by atoms with van der Waals surface area (Å²) in [4.78, 5) is 36.0. The van der Waals surface area contributed by atoms with Gasteiger partial charge in [0.15, 0.2) is 0 Å². The van der Waals surface area contributed by atoms with Crippen molar-refractivity contribution in [1.29, 1.82) is 5.26 Å². The van der Waals surface area contributed by atoms with Gasteiger partial charge in [-0.3, -0.25) is 9.59 Å². The minimum atomic E-state index is -1.03. The fourth-order valence-corrected chi connectivity index (χ4v) is 2.43. The van der Waals surface area contributed by atoms with Gasteiger partial charge in [0.25, 0.3) is 0 Å². The van der Waals surface area contributed by atoms with Crippen LogP contribution in [0.4, 0.5) is 4.39 Å². The van der Waals surface area contributed by atoms with Crippen LogP contribution < -0.4 is 10.6 Å². The number of nitrogens with one attached hydrogen (secondary N) is 2. The molecule has 0 aliphatic carbocycles. The average molecular weight is 363 g/mol. The molecule has 0 saturated heterocycles. The smallest absolute Gasteiger partial charge is 0.328 e. The van der Waals surface area contributed by atoms with Crippen molar-refractivity contribution in [2.24, 2.45) is 5.92 Å². The third kappa shape index (κ3) is 6.51. The van der Waals surface area contributed by atoms with Gasteiger partial charge in [-0.15, -0.1) is 0 Å². The predicted molar refractivity (Wildman–Crippen MR) is 91.0 cm³/mol. The quantitative estimate of drug-likeness (QED) is 0.672. The van der Waals surface area contributed by atoms with Crippen molar-refractivity contribution < 1.29 is 23.5 Å². The molecule has 0 fully saturated rings. The lowest BCUT2D eigenvalue weighted by molar-refractivity contribution is -0.146. The standard InChI is InChI=1S/C18H22FN3O4/c1-11(7-8-20)16(18(25)26-3)22-17(24)15(21-12(2)23)10-13-5-4-6-14(19)9-13/h4-6,9,11,15-16H,7,10H2,1-3H3,(H,21,23)(H,22,24)/t11-,15+,16+/m0/s1. The number of nitrogens with zero attached hydrogens (tertiary/aromatic N) is 1. The van der Waals surface area contributed by atoms with E-state index in [-0.39, 0.29) is 12.8 Å². The molecule has 2 amide bonds. The summed E-state index contributed by atoms with van der Waals surface area (Å²) >= 11 is 0. The summed E-state index contributed by atoms with van der Waals surface area (Å²) in [5.41, 5.74) is 0.513. The number of esters is 1. The monoisotopic (exact) mass is 363 g/mol. The first-order valence-electron chi connectivity index (χ1n) is 8.05. The number of benzene rings is 1. The molecule has 1 aromatic rings.